The summed E-state index contributed by atoms with van der Waals surface area (Å²) in [5.41, 5.74) is 1.52. The van der Waals surface area contributed by atoms with E-state index in [9.17, 15) is 5.11 Å². The molecule has 1 unspecified atom stereocenters. The van der Waals surface area contributed by atoms with E-state index in [1.165, 1.54) is 0 Å². The summed E-state index contributed by atoms with van der Waals surface area (Å²) >= 11 is 0. The lowest BCUT2D eigenvalue weighted by atomic mass is 10.2. The van der Waals surface area contributed by atoms with Gasteiger partial charge in [-0.25, -0.2) is 4.68 Å². The van der Waals surface area contributed by atoms with Gasteiger partial charge in [-0.3, -0.25) is 0 Å². The topological polar surface area (TPSA) is 69.4 Å². The first kappa shape index (κ1) is 14.3. The number of benzene rings is 1. The predicted molar refractivity (Wildman–Crippen MR) is 73.9 cm³/mol. The minimum atomic E-state index is -0.573. The molecule has 0 amide bonds. The molecule has 108 valence electrons. The number of hydrogen-bond donors (Lipinski definition) is 1. The Morgan fingerprint density at radius 2 is 2.10 bits per heavy atom. The normalized spacial score (nSPS) is 12.2. The van der Waals surface area contributed by atoms with Crippen LogP contribution in [-0.4, -0.2) is 34.3 Å². The highest BCUT2D eigenvalue weighted by Gasteiger charge is 2.11. The highest BCUT2D eigenvalue weighted by atomic mass is 16.5. The number of rotatable bonds is 6. The molecule has 20 heavy (non-hydrogen) atoms. The second kappa shape index (κ2) is 6.38. The molecule has 1 aromatic carbocycles. The van der Waals surface area contributed by atoms with Crippen molar-refractivity contribution in [2.24, 2.45) is 0 Å². The summed E-state index contributed by atoms with van der Waals surface area (Å²) in [5.74, 6) is 1.52. The van der Waals surface area contributed by atoms with Crippen LogP contribution in [0.15, 0.2) is 24.4 Å². The van der Waals surface area contributed by atoms with Crippen molar-refractivity contribution in [3.63, 3.8) is 0 Å². The fourth-order valence-corrected chi connectivity index (χ4v) is 1.93. The summed E-state index contributed by atoms with van der Waals surface area (Å²) in [6.45, 7) is 2.40. The maximum absolute atomic E-state index is 9.73. The van der Waals surface area contributed by atoms with Gasteiger partial charge in [0.1, 0.15) is 17.2 Å². The van der Waals surface area contributed by atoms with Gasteiger partial charge in [-0.15, -0.1) is 5.10 Å². The summed E-state index contributed by atoms with van der Waals surface area (Å²) in [6, 6.07) is 5.60. The Bertz CT molecular complexity index is 569. The first-order valence-corrected chi connectivity index (χ1v) is 6.47. The Morgan fingerprint density at radius 1 is 1.30 bits per heavy atom. The monoisotopic (exact) mass is 277 g/mol. The predicted octanol–water partition coefficient (Wildman–Crippen LogP) is 1.79. The molecule has 0 saturated carbocycles. The Labute approximate surface area is 117 Å². The van der Waals surface area contributed by atoms with E-state index in [2.05, 4.69) is 10.3 Å². The molecule has 1 N–H and O–H groups in total. The standard InChI is InChI=1S/C14H19N3O3/c1-4-13(18)12-9-17(16-15-12)8-10-7-11(19-2)5-6-14(10)20-3/h5-7,9,13,18H,4,8H2,1-3H3. The highest BCUT2D eigenvalue weighted by molar-refractivity contribution is 5.40. The number of aliphatic hydroxyl groups is 1. The Hall–Kier alpha value is -2.08. The molecule has 6 heteroatoms. The third kappa shape index (κ3) is 3.08. The van der Waals surface area contributed by atoms with E-state index in [0.717, 1.165) is 17.1 Å². The largest absolute Gasteiger partial charge is 0.497 e. The zero-order valence-corrected chi connectivity index (χ0v) is 11.9. The van der Waals surface area contributed by atoms with Crippen LogP contribution in [0.5, 0.6) is 11.5 Å². The van der Waals surface area contributed by atoms with Crippen LogP contribution in [0.25, 0.3) is 0 Å². The third-order valence-corrected chi connectivity index (χ3v) is 3.10. The summed E-state index contributed by atoms with van der Waals surface area (Å²) in [4.78, 5) is 0. The molecule has 0 aliphatic rings. The van der Waals surface area contributed by atoms with E-state index in [4.69, 9.17) is 9.47 Å². The van der Waals surface area contributed by atoms with Crippen molar-refractivity contribution in [1.82, 2.24) is 15.0 Å². The molecule has 1 aromatic heterocycles. The quantitative estimate of drug-likeness (QED) is 0.871. The Morgan fingerprint density at radius 3 is 2.75 bits per heavy atom. The van der Waals surface area contributed by atoms with E-state index >= 15 is 0 Å². The minimum absolute atomic E-state index is 0.504. The molecule has 0 bridgehead atoms. The van der Waals surface area contributed by atoms with Gasteiger partial charge in [0, 0.05) is 5.56 Å². The van der Waals surface area contributed by atoms with Gasteiger partial charge in [0.25, 0.3) is 0 Å². The van der Waals surface area contributed by atoms with Crippen LogP contribution in [-0.2, 0) is 6.54 Å². The van der Waals surface area contributed by atoms with Crippen molar-refractivity contribution in [2.75, 3.05) is 14.2 Å². The highest BCUT2D eigenvalue weighted by Crippen LogP contribution is 2.24. The number of aliphatic hydroxyl groups excluding tert-OH is 1. The van der Waals surface area contributed by atoms with Crippen LogP contribution in [0.4, 0.5) is 0 Å². The van der Waals surface area contributed by atoms with Crippen LogP contribution in [0.3, 0.4) is 0 Å². The Balaban J connectivity index is 2.22. The average Bonchev–Trinajstić information content (AvgIpc) is 2.94. The van der Waals surface area contributed by atoms with Gasteiger partial charge in [-0.1, -0.05) is 12.1 Å². The molecule has 0 radical (unpaired) electrons. The fourth-order valence-electron chi connectivity index (χ4n) is 1.93. The first-order chi connectivity index (χ1) is 9.67. The van der Waals surface area contributed by atoms with Gasteiger partial charge in [0.2, 0.25) is 0 Å². The van der Waals surface area contributed by atoms with Gasteiger partial charge >= 0.3 is 0 Å². The summed E-state index contributed by atoms with van der Waals surface area (Å²) < 4.78 is 12.2. The van der Waals surface area contributed by atoms with Crippen molar-refractivity contribution < 1.29 is 14.6 Å². The smallest absolute Gasteiger partial charge is 0.124 e. The van der Waals surface area contributed by atoms with E-state index in [0.29, 0.717) is 18.7 Å². The van der Waals surface area contributed by atoms with E-state index in [1.54, 1.807) is 25.1 Å². The third-order valence-electron chi connectivity index (χ3n) is 3.10. The van der Waals surface area contributed by atoms with Gasteiger partial charge < -0.3 is 14.6 Å². The molecule has 0 aliphatic carbocycles. The van der Waals surface area contributed by atoms with Crippen molar-refractivity contribution >= 4 is 0 Å². The van der Waals surface area contributed by atoms with Gasteiger partial charge in [-0.2, -0.15) is 0 Å². The molecule has 0 saturated heterocycles. The summed E-state index contributed by atoms with van der Waals surface area (Å²) in [6.07, 6.45) is 1.78. The van der Waals surface area contributed by atoms with Gasteiger partial charge in [-0.05, 0) is 24.6 Å². The molecule has 2 rings (SSSR count). The molecular weight excluding hydrogens is 258 g/mol. The molecule has 0 spiro atoms. The van der Waals surface area contributed by atoms with Crippen molar-refractivity contribution in [1.29, 1.82) is 0 Å². The van der Waals surface area contributed by atoms with Crippen LogP contribution in [0.1, 0.15) is 30.7 Å². The lowest BCUT2D eigenvalue weighted by Crippen LogP contribution is -2.03. The van der Waals surface area contributed by atoms with Crippen molar-refractivity contribution in [3.8, 4) is 11.5 Å². The van der Waals surface area contributed by atoms with Gasteiger partial charge in [0.15, 0.2) is 0 Å². The maximum atomic E-state index is 9.73. The molecule has 0 fully saturated rings. The van der Waals surface area contributed by atoms with Crippen LogP contribution in [0.2, 0.25) is 0 Å². The molecular formula is C14H19N3O3. The van der Waals surface area contributed by atoms with Crippen molar-refractivity contribution in [2.45, 2.75) is 26.0 Å². The first-order valence-electron chi connectivity index (χ1n) is 6.47. The zero-order valence-electron chi connectivity index (χ0n) is 11.9. The molecule has 6 nitrogen and oxygen atoms in total. The minimum Gasteiger partial charge on any atom is -0.497 e. The SMILES string of the molecule is CCC(O)c1cn(Cc2cc(OC)ccc2OC)nn1. The lowest BCUT2D eigenvalue weighted by Gasteiger charge is -2.10. The molecule has 0 aliphatic heterocycles. The number of nitrogens with zero attached hydrogens (tertiary/aromatic N) is 3. The zero-order chi connectivity index (χ0) is 14.5. The number of aromatic nitrogens is 3. The van der Waals surface area contributed by atoms with Gasteiger partial charge in [0.05, 0.1) is 33.1 Å². The average molecular weight is 277 g/mol. The Kier molecular flexibility index (Phi) is 4.57. The number of methoxy groups -OCH3 is 2. The maximum Gasteiger partial charge on any atom is 0.124 e. The number of ether oxygens (including phenoxy) is 2. The lowest BCUT2D eigenvalue weighted by molar-refractivity contribution is 0.168. The van der Waals surface area contributed by atoms with Crippen LogP contribution < -0.4 is 9.47 Å². The van der Waals surface area contributed by atoms with Crippen LogP contribution >= 0.6 is 0 Å². The molecule has 2 aromatic rings. The van der Waals surface area contributed by atoms with Crippen molar-refractivity contribution in [3.05, 3.63) is 35.7 Å². The van der Waals surface area contributed by atoms with Crippen LogP contribution in [0, 0.1) is 0 Å². The molecule has 1 heterocycles. The van der Waals surface area contributed by atoms with E-state index in [-0.39, 0.29) is 0 Å². The van der Waals surface area contributed by atoms with E-state index in [1.807, 2.05) is 25.1 Å². The van der Waals surface area contributed by atoms with E-state index < -0.39 is 6.10 Å². The summed E-state index contributed by atoms with van der Waals surface area (Å²) in [5, 5.41) is 17.7. The fraction of sp³-hybridized carbons (Fsp3) is 0.429. The second-order valence-electron chi connectivity index (χ2n) is 4.44. The summed E-state index contributed by atoms with van der Waals surface area (Å²) in [7, 11) is 3.25. The number of hydrogen-bond acceptors (Lipinski definition) is 5. The molecule has 1 atom stereocenters. The second-order valence-corrected chi connectivity index (χ2v) is 4.44.